The lowest BCUT2D eigenvalue weighted by Crippen LogP contribution is -2.50. The van der Waals surface area contributed by atoms with Gasteiger partial charge in [-0.3, -0.25) is 4.90 Å². The Morgan fingerprint density at radius 1 is 1.16 bits per heavy atom. The van der Waals surface area contributed by atoms with Gasteiger partial charge in [0.1, 0.15) is 5.75 Å². The van der Waals surface area contributed by atoms with Crippen molar-refractivity contribution in [3.05, 3.63) is 29.8 Å². The van der Waals surface area contributed by atoms with Crippen LogP contribution >= 0.6 is 0 Å². The Hall–Kier alpha value is -1.06. The first-order valence-corrected chi connectivity index (χ1v) is 7.10. The van der Waals surface area contributed by atoms with E-state index in [1.54, 1.807) is 7.11 Å². The van der Waals surface area contributed by atoms with E-state index in [1.807, 2.05) is 24.3 Å². The number of rotatable bonds is 7. The molecule has 0 spiro atoms. The summed E-state index contributed by atoms with van der Waals surface area (Å²) >= 11 is 0. The third-order valence-electron chi connectivity index (χ3n) is 4.22. The van der Waals surface area contributed by atoms with Crippen LogP contribution < -0.4 is 4.74 Å². The van der Waals surface area contributed by atoms with Gasteiger partial charge in [-0.15, -0.1) is 0 Å². The lowest BCUT2D eigenvalue weighted by Gasteiger charge is -2.43. The maximum atomic E-state index is 10.8. The highest BCUT2D eigenvalue weighted by molar-refractivity contribution is 5.30. The second-order valence-corrected chi connectivity index (χ2v) is 5.06. The van der Waals surface area contributed by atoms with E-state index in [4.69, 9.17) is 4.74 Å². The molecule has 19 heavy (non-hydrogen) atoms. The van der Waals surface area contributed by atoms with Crippen LogP contribution in [-0.4, -0.2) is 35.7 Å². The van der Waals surface area contributed by atoms with Crippen molar-refractivity contribution < 1.29 is 9.84 Å². The number of hydrogen-bond acceptors (Lipinski definition) is 3. The SMILES string of the molecule is CCN(CC)C(C)(CC)C(O)c1ccc(OC)cc1. The molecule has 2 unspecified atom stereocenters. The van der Waals surface area contributed by atoms with Crippen molar-refractivity contribution in [1.29, 1.82) is 0 Å². The molecule has 0 aliphatic heterocycles. The molecule has 0 amide bonds. The van der Waals surface area contributed by atoms with Crippen LogP contribution in [0.2, 0.25) is 0 Å². The fourth-order valence-electron chi connectivity index (χ4n) is 2.68. The van der Waals surface area contributed by atoms with Gasteiger partial charge in [-0.25, -0.2) is 0 Å². The largest absolute Gasteiger partial charge is 0.497 e. The molecule has 2 atom stereocenters. The van der Waals surface area contributed by atoms with Crippen LogP contribution in [0.25, 0.3) is 0 Å². The van der Waals surface area contributed by atoms with E-state index < -0.39 is 6.10 Å². The summed E-state index contributed by atoms with van der Waals surface area (Å²) in [5, 5.41) is 10.8. The van der Waals surface area contributed by atoms with Gasteiger partial charge in [0.2, 0.25) is 0 Å². The summed E-state index contributed by atoms with van der Waals surface area (Å²) in [6.45, 7) is 10.4. The molecule has 1 aromatic rings. The highest BCUT2D eigenvalue weighted by Crippen LogP contribution is 2.34. The van der Waals surface area contributed by atoms with Gasteiger partial charge in [0.25, 0.3) is 0 Å². The third-order valence-corrected chi connectivity index (χ3v) is 4.22. The van der Waals surface area contributed by atoms with Crippen LogP contribution in [0.4, 0.5) is 0 Å². The first-order chi connectivity index (χ1) is 9.03. The fraction of sp³-hybridized carbons (Fsp3) is 0.625. The van der Waals surface area contributed by atoms with Crippen LogP contribution in [0.15, 0.2) is 24.3 Å². The van der Waals surface area contributed by atoms with Crippen molar-refractivity contribution in [3.8, 4) is 5.75 Å². The summed E-state index contributed by atoms with van der Waals surface area (Å²) < 4.78 is 5.16. The van der Waals surface area contributed by atoms with E-state index in [2.05, 4.69) is 32.6 Å². The second kappa shape index (κ2) is 6.92. The molecule has 1 rings (SSSR count). The van der Waals surface area contributed by atoms with Gasteiger partial charge >= 0.3 is 0 Å². The third kappa shape index (κ3) is 3.28. The Morgan fingerprint density at radius 2 is 1.68 bits per heavy atom. The molecule has 0 saturated heterocycles. The van der Waals surface area contributed by atoms with Crippen molar-refractivity contribution in [1.82, 2.24) is 4.90 Å². The number of benzene rings is 1. The second-order valence-electron chi connectivity index (χ2n) is 5.06. The minimum Gasteiger partial charge on any atom is -0.497 e. The maximum absolute atomic E-state index is 10.8. The van der Waals surface area contributed by atoms with Gasteiger partial charge in [0.15, 0.2) is 0 Å². The Bertz CT molecular complexity index is 373. The zero-order valence-corrected chi connectivity index (χ0v) is 12.8. The summed E-state index contributed by atoms with van der Waals surface area (Å²) in [6, 6.07) is 7.69. The molecule has 0 aliphatic rings. The summed E-state index contributed by atoms with van der Waals surface area (Å²) in [4.78, 5) is 2.32. The van der Waals surface area contributed by atoms with E-state index in [0.29, 0.717) is 0 Å². The Morgan fingerprint density at radius 3 is 2.05 bits per heavy atom. The van der Waals surface area contributed by atoms with Crippen LogP contribution in [0.5, 0.6) is 5.75 Å². The van der Waals surface area contributed by atoms with Crippen LogP contribution in [0.1, 0.15) is 45.8 Å². The predicted molar refractivity (Wildman–Crippen MR) is 79.6 cm³/mol. The number of likely N-dealkylation sites (N-methyl/N-ethyl adjacent to an activating group) is 1. The van der Waals surface area contributed by atoms with E-state index in [0.717, 1.165) is 30.8 Å². The molecular weight excluding hydrogens is 238 g/mol. The molecule has 108 valence electrons. The molecule has 0 bridgehead atoms. The number of nitrogens with zero attached hydrogens (tertiary/aromatic N) is 1. The summed E-state index contributed by atoms with van der Waals surface area (Å²) in [7, 11) is 1.65. The molecule has 0 aliphatic carbocycles. The van der Waals surface area contributed by atoms with Crippen molar-refractivity contribution in [2.45, 2.75) is 45.8 Å². The number of hydrogen-bond donors (Lipinski definition) is 1. The molecule has 0 heterocycles. The van der Waals surface area contributed by atoms with Crippen LogP contribution in [-0.2, 0) is 0 Å². The van der Waals surface area contributed by atoms with Crippen molar-refractivity contribution in [2.24, 2.45) is 0 Å². The molecule has 1 aromatic carbocycles. The molecule has 0 saturated carbocycles. The van der Waals surface area contributed by atoms with Gasteiger partial charge in [0, 0.05) is 5.54 Å². The summed E-state index contributed by atoms with van der Waals surface area (Å²) in [5.74, 6) is 0.817. The van der Waals surface area contributed by atoms with E-state index in [9.17, 15) is 5.11 Å². The van der Waals surface area contributed by atoms with Crippen LogP contribution in [0, 0.1) is 0 Å². The number of aliphatic hydroxyl groups is 1. The van der Waals surface area contributed by atoms with E-state index in [1.165, 1.54) is 0 Å². The standard InChI is InChI=1S/C16H27NO2/c1-6-16(4,17(7-2)8-3)15(18)13-9-11-14(19-5)12-10-13/h9-12,15,18H,6-8H2,1-5H3. The lowest BCUT2D eigenvalue weighted by molar-refractivity contribution is -0.0213. The zero-order valence-electron chi connectivity index (χ0n) is 12.8. The molecule has 0 aromatic heterocycles. The average Bonchev–Trinajstić information content (AvgIpc) is 2.47. The fourth-order valence-corrected chi connectivity index (χ4v) is 2.68. The molecular formula is C16H27NO2. The maximum Gasteiger partial charge on any atom is 0.118 e. The van der Waals surface area contributed by atoms with E-state index >= 15 is 0 Å². The molecule has 1 N–H and O–H groups in total. The van der Waals surface area contributed by atoms with Gasteiger partial charge in [-0.1, -0.05) is 32.9 Å². The quantitative estimate of drug-likeness (QED) is 0.821. The number of ether oxygens (including phenoxy) is 1. The Balaban J connectivity index is 3.02. The molecule has 3 heteroatoms. The smallest absolute Gasteiger partial charge is 0.118 e. The first kappa shape index (κ1) is 16.0. The minimum atomic E-state index is -0.497. The van der Waals surface area contributed by atoms with Crippen molar-refractivity contribution in [3.63, 3.8) is 0 Å². The summed E-state index contributed by atoms with van der Waals surface area (Å²) in [5.41, 5.74) is 0.704. The highest BCUT2D eigenvalue weighted by Gasteiger charge is 2.36. The molecule has 3 nitrogen and oxygen atoms in total. The normalized spacial score (nSPS) is 16.2. The van der Waals surface area contributed by atoms with Crippen molar-refractivity contribution >= 4 is 0 Å². The van der Waals surface area contributed by atoms with Gasteiger partial charge < -0.3 is 9.84 Å². The average molecular weight is 265 g/mol. The minimum absolute atomic E-state index is 0.238. The number of aliphatic hydroxyl groups excluding tert-OH is 1. The first-order valence-electron chi connectivity index (χ1n) is 7.10. The monoisotopic (exact) mass is 265 g/mol. The van der Waals surface area contributed by atoms with Gasteiger partial charge in [-0.2, -0.15) is 0 Å². The number of methoxy groups -OCH3 is 1. The molecule has 0 radical (unpaired) electrons. The Kier molecular flexibility index (Phi) is 5.83. The predicted octanol–water partition coefficient (Wildman–Crippen LogP) is 3.24. The lowest BCUT2D eigenvalue weighted by atomic mass is 9.85. The Labute approximate surface area is 117 Å². The topological polar surface area (TPSA) is 32.7 Å². The highest BCUT2D eigenvalue weighted by atomic mass is 16.5. The van der Waals surface area contributed by atoms with Gasteiger partial charge in [-0.05, 0) is 44.1 Å². The van der Waals surface area contributed by atoms with E-state index in [-0.39, 0.29) is 5.54 Å². The molecule has 0 fully saturated rings. The summed E-state index contributed by atoms with van der Waals surface area (Å²) in [6.07, 6.45) is 0.408. The zero-order chi connectivity index (χ0) is 14.5. The van der Waals surface area contributed by atoms with Crippen LogP contribution in [0.3, 0.4) is 0 Å². The van der Waals surface area contributed by atoms with Gasteiger partial charge in [0.05, 0.1) is 13.2 Å². The van der Waals surface area contributed by atoms with Crippen molar-refractivity contribution in [2.75, 3.05) is 20.2 Å².